The van der Waals surface area contributed by atoms with Crippen LogP contribution in [0.5, 0.6) is 11.5 Å². The molecule has 0 saturated carbocycles. The van der Waals surface area contributed by atoms with E-state index in [9.17, 15) is 9.59 Å². The van der Waals surface area contributed by atoms with Gasteiger partial charge in [0.2, 0.25) is 5.91 Å². The number of hydrogen-bond donors (Lipinski definition) is 2. The molecular weight excluding hydrogens is 262 g/mol. The first kappa shape index (κ1) is 15.8. The summed E-state index contributed by atoms with van der Waals surface area (Å²) < 4.78 is 10.6. The van der Waals surface area contributed by atoms with Crippen molar-refractivity contribution in [1.82, 2.24) is 0 Å². The zero-order chi connectivity index (χ0) is 15.0. The Hall–Kier alpha value is -2.24. The number of rotatable bonds is 8. The smallest absolute Gasteiger partial charge is 0.303 e. The molecule has 6 heteroatoms. The van der Waals surface area contributed by atoms with Crippen LogP contribution in [0, 0.1) is 0 Å². The minimum Gasteiger partial charge on any atom is -0.493 e. The second-order valence-electron chi connectivity index (χ2n) is 4.09. The van der Waals surface area contributed by atoms with Crippen LogP contribution in [0.3, 0.4) is 0 Å². The molecule has 0 aliphatic carbocycles. The van der Waals surface area contributed by atoms with E-state index in [0.717, 1.165) is 0 Å². The fourth-order valence-corrected chi connectivity index (χ4v) is 1.65. The summed E-state index contributed by atoms with van der Waals surface area (Å²) in [5, 5.41) is 11.2. The molecule has 0 heterocycles. The SMILES string of the molecule is CCOc1cc(NC(=O)CCCC(=O)O)ccc1OC. The van der Waals surface area contributed by atoms with Gasteiger partial charge in [-0.25, -0.2) is 0 Å². The molecular formula is C14H19NO5. The third kappa shape index (κ3) is 5.17. The first-order valence-electron chi connectivity index (χ1n) is 6.39. The van der Waals surface area contributed by atoms with Crippen molar-refractivity contribution in [3.05, 3.63) is 18.2 Å². The third-order valence-corrected chi connectivity index (χ3v) is 2.54. The lowest BCUT2D eigenvalue weighted by Crippen LogP contribution is -2.12. The molecule has 1 amide bonds. The van der Waals surface area contributed by atoms with Crippen LogP contribution in [-0.4, -0.2) is 30.7 Å². The van der Waals surface area contributed by atoms with E-state index in [1.165, 1.54) is 0 Å². The van der Waals surface area contributed by atoms with E-state index in [1.807, 2.05) is 6.92 Å². The first-order chi connectivity index (χ1) is 9.56. The van der Waals surface area contributed by atoms with Crippen LogP contribution < -0.4 is 14.8 Å². The third-order valence-electron chi connectivity index (χ3n) is 2.54. The average molecular weight is 281 g/mol. The van der Waals surface area contributed by atoms with E-state index < -0.39 is 5.97 Å². The van der Waals surface area contributed by atoms with Gasteiger partial charge in [-0.15, -0.1) is 0 Å². The molecule has 0 unspecified atom stereocenters. The molecule has 2 N–H and O–H groups in total. The Labute approximate surface area is 117 Å². The van der Waals surface area contributed by atoms with E-state index in [2.05, 4.69) is 5.32 Å². The Morgan fingerprint density at radius 3 is 2.60 bits per heavy atom. The minimum atomic E-state index is -0.902. The number of benzene rings is 1. The number of carboxylic acids is 1. The summed E-state index contributed by atoms with van der Waals surface area (Å²) in [4.78, 5) is 22.0. The van der Waals surface area contributed by atoms with Crippen LogP contribution in [0.25, 0.3) is 0 Å². The quantitative estimate of drug-likeness (QED) is 0.763. The molecule has 0 radical (unpaired) electrons. The average Bonchev–Trinajstić information content (AvgIpc) is 2.39. The second-order valence-corrected chi connectivity index (χ2v) is 4.09. The van der Waals surface area contributed by atoms with E-state index in [1.54, 1.807) is 25.3 Å². The summed E-state index contributed by atoms with van der Waals surface area (Å²) in [6.45, 7) is 2.35. The van der Waals surface area contributed by atoms with Crippen LogP contribution in [0.4, 0.5) is 5.69 Å². The molecule has 110 valence electrons. The highest BCUT2D eigenvalue weighted by atomic mass is 16.5. The highest BCUT2D eigenvalue weighted by Crippen LogP contribution is 2.30. The fourth-order valence-electron chi connectivity index (χ4n) is 1.65. The Kier molecular flexibility index (Phi) is 6.36. The van der Waals surface area contributed by atoms with Crippen molar-refractivity contribution in [2.75, 3.05) is 19.0 Å². The van der Waals surface area contributed by atoms with Gasteiger partial charge in [-0.05, 0) is 25.5 Å². The van der Waals surface area contributed by atoms with E-state index >= 15 is 0 Å². The molecule has 0 aliphatic heterocycles. The van der Waals surface area contributed by atoms with Crippen LogP contribution in [-0.2, 0) is 9.59 Å². The molecule has 0 bridgehead atoms. The summed E-state index contributed by atoms with van der Waals surface area (Å²) in [6.07, 6.45) is 0.470. The molecule has 6 nitrogen and oxygen atoms in total. The molecule has 20 heavy (non-hydrogen) atoms. The molecule has 0 aromatic heterocycles. The number of aliphatic carboxylic acids is 1. The largest absolute Gasteiger partial charge is 0.493 e. The molecule has 0 atom stereocenters. The predicted molar refractivity (Wildman–Crippen MR) is 74.3 cm³/mol. The Balaban J connectivity index is 2.60. The van der Waals surface area contributed by atoms with Gasteiger partial charge >= 0.3 is 5.97 Å². The number of hydrogen-bond acceptors (Lipinski definition) is 4. The van der Waals surface area contributed by atoms with Gasteiger partial charge in [0.25, 0.3) is 0 Å². The van der Waals surface area contributed by atoms with Gasteiger partial charge in [-0.3, -0.25) is 9.59 Å². The van der Waals surface area contributed by atoms with Gasteiger partial charge in [0.15, 0.2) is 11.5 Å². The summed E-state index contributed by atoms with van der Waals surface area (Å²) in [5.41, 5.74) is 0.592. The van der Waals surface area contributed by atoms with Crippen molar-refractivity contribution in [1.29, 1.82) is 0 Å². The summed E-state index contributed by atoms with van der Waals surface area (Å²) >= 11 is 0. The molecule has 1 rings (SSSR count). The summed E-state index contributed by atoms with van der Waals surface area (Å²) in [7, 11) is 1.54. The monoisotopic (exact) mass is 281 g/mol. The van der Waals surface area contributed by atoms with Crippen LogP contribution in [0.2, 0.25) is 0 Å². The van der Waals surface area contributed by atoms with Gasteiger partial charge in [-0.1, -0.05) is 0 Å². The van der Waals surface area contributed by atoms with E-state index in [-0.39, 0.29) is 18.7 Å². The fraction of sp³-hybridized carbons (Fsp3) is 0.429. The minimum absolute atomic E-state index is 0.0137. The highest BCUT2D eigenvalue weighted by molar-refractivity contribution is 5.91. The standard InChI is InChI=1S/C14H19NO5/c1-3-20-12-9-10(7-8-11(12)19-2)15-13(16)5-4-6-14(17)18/h7-9H,3-6H2,1-2H3,(H,15,16)(H,17,18). The zero-order valence-corrected chi connectivity index (χ0v) is 11.6. The van der Waals surface area contributed by atoms with Gasteiger partial charge in [0, 0.05) is 24.6 Å². The van der Waals surface area contributed by atoms with Crippen molar-refractivity contribution in [3.8, 4) is 11.5 Å². The maximum atomic E-state index is 11.6. The Bertz CT molecular complexity index is 473. The molecule has 0 saturated heterocycles. The topological polar surface area (TPSA) is 84.9 Å². The number of carbonyl (C=O) groups is 2. The molecule has 0 spiro atoms. The van der Waals surface area contributed by atoms with Crippen molar-refractivity contribution >= 4 is 17.6 Å². The van der Waals surface area contributed by atoms with Gasteiger partial charge in [-0.2, -0.15) is 0 Å². The normalized spacial score (nSPS) is 9.90. The lowest BCUT2D eigenvalue weighted by atomic mass is 10.2. The van der Waals surface area contributed by atoms with Gasteiger partial charge in [0.05, 0.1) is 13.7 Å². The number of carbonyl (C=O) groups excluding carboxylic acids is 1. The zero-order valence-electron chi connectivity index (χ0n) is 11.6. The van der Waals surface area contributed by atoms with Crippen LogP contribution in [0.15, 0.2) is 18.2 Å². The molecule has 1 aromatic carbocycles. The van der Waals surface area contributed by atoms with Crippen molar-refractivity contribution in [2.24, 2.45) is 0 Å². The first-order valence-corrected chi connectivity index (χ1v) is 6.39. The summed E-state index contributed by atoms with van der Waals surface area (Å²) in [6, 6.07) is 5.09. The lowest BCUT2D eigenvalue weighted by Gasteiger charge is -2.11. The highest BCUT2D eigenvalue weighted by Gasteiger charge is 2.08. The maximum Gasteiger partial charge on any atom is 0.303 e. The van der Waals surface area contributed by atoms with E-state index in [4.69, 9.17) is 14.6 Å². The molecule has 0 fully saturated rings. The predicted octanol–water partition coefficient (Wildman–Crippen LogP) is 2.29. The number of anilines is 1. The Morgan fingerprint density at radius 1 is 1.25 bits per heavy atom. The summed E-state index contributed by atoms with van der Waals surface area (Å²) in [5.74, 6) is 0.0220. The number of nitrogens with one attached hydrogen (secondary N) is 1. The lowest BCUT2D eigenvalue weighted by molar-refractivity contribution is -0.137. The number of methoxy groups -OCH3 is 1. The van der Waals surface area contributed by atoms with Crippen molar-refractivity contribution in [2.45, 2.75) is 26.2 Å². The van der Waals surface area contributed by atoms with Crippen molar-refractivity contribution in [3.63, 3.8) is 0 Å². The van der Waals surface area contributed by atoms with Gasteiger partial charge < -0.3 is 19.9 Å². The van der Waals surface area contributed by atoms with Crippen LogP contribution in [0.1, 0.15) is 26.2 Å². The van der Waals surface area contributed by atoms with Crippen molar-refractivity contribution < 1.29 is 24.2 Å². The van der Waals surface area contributed by atoms with Crippen LogP contribution >= 0.6 is 0 Å². The van der Waals surface area contributed by atoms with Gasteiger partial charge in [0.1, 0.15) is 0 Å². The van der Waals surface area contributed by atoms with E-state index in [0.29, 0.717) is 30.2 Å². The Morgan fingerprint density at radius 2 is 2.00 bits per heavy atom. The molecule has 0 aliphatic rings. The number of amides is 1. The molecule has 1 aromatic rings. The maximum absolute atomic E-state index is 11.6. The second kappa shape index (κ2) is 8.04. The number of carboxylic acid groups (broad SMARTS) is 1. The number of ether oxygens (including phenoxy) is 2.